The Morgan fingerprint density at radius 1 is 1.17 bits per heavy atom. The maximum Gasteiger partial charge on any atom is 0.319 e. The molecule has 4 rings (SSSR count). The molecule has 2 saturated heterocycles. The number of rotatable bonds is 6. The molecule has 36 heavy (non-hydrogen) atoms. The van der Waals surface area contributed by atoms with Gasteiger partial charge in [-0.05, 0) is 70.0 Å². The van der Waals surface area contributed by atoms with Crippen molar-refractivity contribution >= 4 is 29.4 Å². The smallest absolute Gasteiger partial charge is 0.319 e. The molecule has 10 nitrogen and oxygen atoms in total. The van der Waals surface area contributed by atoms with Crippen molar-refractivity contribution < 1.29 is 19.1 Å². The van der Waals surface area contributed by atoms with Crippen molar-refractivity contribution in [1.29, 1.82) is 5.41 Å². The zero-order chi connectivity index (χ0) is 25.7. The van der Waals surface area contributed by atoms with Gasteiger partial charge in [-0.15, -0.1) is 0 Å². The monoisotopic (exact) mass is 494 g/mol. The van der Waals surface area contributed by atoms with Crippen LogP contribution in [0.4, 0.5) is 10.5 Å². The number of urea groups is 1. The van der Waals surface area contributed by atoms with Gasteiger partial charge in [0.25, 0.3) is 0 Å². The highest BCUT2D eigenvalue weighted by Gasteiger charge is 2.35. The highest BCUT2D eigenvalue weighted by atomic mass is 16.5. The molecule has 0 aliphatic carbocycles. The van der Waals surface area contributed by atoms with E-state index < -0.39 is 11.4 Å². The molecule has 192 valence electrons. The molecule has 4 N–H and O–H groups in total. The third-order valence-electron chi connectivity index (χ3n) is 6.05. The van der Waals surface area contributed by atoms with E-state index >= 15 is 0 Å². The number of nitrogens with one attached hydrogen (secondary N) is 4. The van der Waals surface area contributed by atoms with Crippen LogP contribution in [-0.2, 0) is 14.3 Å². The molecule has 2 aliphatic rings. The Balaban J connectivity index is 1.33. The maximum atomic E-state index is 12.1. The lowest BCUT2D eigenvalue weighted by Gasteiger charge is -2.34. The number of amides is 2. The normalized spacial score (nSPS) is 19.6. The molecule has 0 radical (unpaired) electrons. The average Bonchev–Trinajstić information content (AvgIpc) is 3.49. The number of carbonyl (C=O) groups is 2. The minimum atomic E-state index is -0.578. The van der Waals surface area contributed by atoms with Gasteiger partial charge in [-0.3, -0.25) is 10.2 Å². The Morgan fingerprint density at radius 3 is 2.47 bits per heavy atom. The summed E-state index contributed by atoms with van der Waals surface area (Å²) in [4.78, 5) is 34.0. The Kier molecular flexibility index (Phi) is 7.73. The summed E-state index contributed by atoms with van der Waals surface area (Å²) in [6.45, 7) is 7.15. The summed E-state index contributed by atoms with van der Waals surface area (Å²) < 4.78 is 11.1. The Bertz CT molecular complexity index is 1090. The number of likely N-dealkylation sites (tertiary alicyclic amines) is 1. The molecule has 2 aliphatic heterocycles. The number of morpholine rings is 1. The number of esters is 1. The van der Waals surface area contributed by atoms with E-state index in [4.69, 9.17) is 14.9 Å². The molecular formula is C26H34N6O4. The minimum Gasteiger partial charge on any atom is -0.463 e. The van der Waals surface area contributed by atoms with Crippen molar-refractivity contribution in [2.24, 2.45) is 10.4 Å². The Labute approximate surface area is 211 Å². The molecule has 10 heteroatoms. The van der Waals surface area contributed by atoms with Crippen molar-refractivity contribution in [1.82, 2.24) is 15.2 Å². The largest absolute Gasteiger partial charge is 0.463 e. The first-order valence-electron chi connectivity index (χ1n) is 12.2. The summed E-state index contributed by atoms with van der Waals surface area (Å²) in [7, 11) is 0. The quantitative estimate of drug-likeness (QED) is 0.212. The zero-order valence-corrected chi connectivity index (χ0v) is 21.0. The topological polar surface area (TPSA) is 132 Å². The zero-order valence-electron chi connectivity index (χ0n) is 21.0. The molecule has 3 heterocycles. The van der Waals surface area contributed by atoms with E-state index in [9.17, 15) is 9.59 Å². The van der Waals surface area contributed by atoms with E-state index in [2.05, 4.69) is 25.5 Å². The van der Waals surface area contributed by atoms with E-state index in [0.29, 0.717) is 11.3 Å². The van der Waals surface area contributed by atoms with E-state index in [1.54, 1.807) is 45.0 Å². The molecule has 2 fully saturated rings. The van der Waals surface area contributed by atoms with Crippen LogP contribution in [0.1, 0.15) is 44.9 Å². The van der Waals surface area contributed by atoms with Gasteiger partial charge >= 0.3 is 12.0 Å². The molecule has 2 amide bonds. The molecule has 2 atom stereocenters. The number of aromatic amines is 1. The van der Waals surface area contributed by atoms with E-state index in [-0.39, 0.29) is 37.2 Å². The van der Waals surface area contributed by atoms with Crippen LogP contribution >= 0.6 is 0 Å². The summed E-state index contributed by atoms with van der Waals surface area (Å²) in [5.41, 5.74) is 1.50. The van der Waals surface area contributed by atoms with E-state index in [1.165, 1.54) is 0 Å². The van der Waals surface area contributed by atoms with Gasteiger partial charge in [-0.2, -0.15) is 0 Å². The molecule has 1 aromatic heterocycles. The number of aliphatic imine (C=N–C) groups is 1. The number of benzene rings is 1. The molecule has 0 spiro atoms. The number of ether oxygens (including phenoxy) is 2. The number of nitrogens with zero attached hydrogens (tertiary/aromatic N) is 2. The van der Waals surface area contributed by atoms with Gasteiger partial charge in [0, 0.05) is 30.5 Å². The van der Waals surface area contributed by atoms with Crippen LogP contribution in [0.25, 0.3) is 0 Å². The number of carbonyl (C=O) groups excluding carboxylic acids is 2. The van der Waals surface area contributed by atoms with Crippen molar-refractivity contribution in [2.75, 3.05) is 31.6 Å². The van der Waals surface area contributed by atoms with Crippen LogP contribution in [-0.4, -0.2) is 72.0 Å². The van der Waals surface area contributed by atoms with Gasteiger partial charge in [-0.25, -0.2) is 9.79 Å². The Hall–Kier alpha value is -3.66. The number of hydrogen-bond acceptors (Lipinski definition) is 5. The molecule has 0 saturated carbocycles. The van der Waals surface area contributed by atoms with E-state index in [0.717, 1.165) is 37.5 Å². The number of aromatic nitrogens is 1. The van der Waals surface area contributed by atoms with Crippen LogP contribution in [0.3, 0.4) is 0 Å². The summed E-state index contributed by atoms with van der Waals surface area (Å²) in [5, 5.41) is 14.0. The fourth-order valence-electron chi connectivity index (χ4n) is 4.14. The number of fused-ring (bicyclic) bond motifs is 2. The first kappa shape index (κ1) is 25.4. The van der Waals surface area contributed by atoms with Gasteiger partial charge < -0.3 is 30.0 Å². The van der Waals surface area contributed by atoms with Gasteiger partial charge in [0.05, 0.1) is 29.9 Å². The van der Waals surface area contributed by atoms with Crippen molar-refractivity contribution in [3.05, 3.63) is 53.9 Å². The fourth-order valence-corrected chi connectivity index (χ4v) is 4.14. The third kappa shape index (κ3) is 6.51. The standard InChI is InChI=1S/C26H34N6O4/c1-26(2,3)24(33)35-14-13-29-25(34)30-18-8-6-17(7-9-18)22(27)31-23(21-5-4-12-28-21)32-15-19-10-11-20(16-32)36-19/h4-9,12,19-20,27-28H,10-11,13-16H2,1-3H3,(H2,29,30,34)/b27-22?,31-23+/t19-,20-/m0/s1. The van der Waals surface area contributed by atoms with Gasteiger partial charge in [-0.1, -0.05) is 0 Å². The van der Waals surface area contributed by atoms with E-state index in [1.807, 2.05) is 18.3 Å². The second-order valence-corrected chi connectivity index (χ2v) is 10.1. The Morgan fingerprint density at radius 2 is 1.86 bits per heavy atom. The lowest BCUT2D eigenvalue weighted by Crippen LogP contribution is -2.46. The predicted molar refractivity (Wildman–Crippen MR) is 138 cm³/mol. The molecule has 2 bridgehead atoms. The second-order valence-electron chi connectivity index (χ2n) is 10.1. The van der Waals surface area contributed by atoms with Crippen LogP contribution < -0.4 is 10.6 Å². The minimum absolute atomic E-state index is 0.103. The SMILES string of the molecule is CC(C)(C)C(=O)OCCNC(=O)Nc1ccc(C(=N)/N=C(\c2ccc[nH]2)N2C[C@@H]3CC[C@@H](C2)O3)cc1. The first-order chi connectivity index (χ1) is 17.2. The average molecular weight is 495 g/mol. The molecule has 1 aromatic carbocycles. The number of amidine groups is 2. The van der Waals surface area contributed by atoms with Gasteiger partial charge in [0.2, 0.25) is 0 Å². The lowest BCUT2D eigenvalue weighted by molar-refractivity contribution is -0.152. The maximum absolute atomic E-state index is 12.1. The molecule has 2 aromatic rings. The number of H-pyrrole nitrogens is 1. The van der Waals surface area contributed by atoms with Gasteiger partial charge in [0.15, 0.2) is 11.7 Å². The molecule has 0 unspecified atom stereocenters. The van der Waals surface area contributed by atoms with Crippen molar-refractivity contribution in [2.45, 2.75) is 45.8 Å². The summed E-state index contributed by atoms with van der Waals surface area (Å²) in [5.74, 6) is 0.555. The first-order valence-corrected chi connectivity index (χ1v) is 12.2. The molecular weight excluding hydrogens is 460 g/mol. The lowest BCUT2D eigenvalue weighted by atomic mass is 9.97. The number of anilines is 1. The summed E-state index contributed by atoms with van der Waals surface area (Å²) in [6, 6.07) is 10.4. The highest BCUT2D eigenvalue weighted by molar-refractivity contribution is 6.09. The summed E-state index contributed by atoms with van der Waals surface area (Å²) in [6.07, 6.45) is 4.38. The van der Waals surface area contributed by atoms with Crippen LogP contribution in [0.15, 0.2) is 47.6 Å². The third-order valence-corrected chi connectivity index (χ3v) is 6.05. The second kappa shape index (κ2) is 10.9. The van der Waals surface area contributed by atoms with Crippen LogP contribution in [0, 0.1) is 10.8 Å². The van der Waals surface area contributed by atoms with Gasteiger partial charge in [0.1, 0.15) is 6.61 Å². The van der Waals surface area contributed by atoms with Crippen molar-refractivity contribution in [3.8, 4) is 0 Å². The van der Waals surface area contributed by atoms with Crippen LogP contribution in [0.2, 0.25) is 0 Å². The van der Waals surface area contributed by atoms with Crippen molar-refractivity contribution in [3.63, 3.8) is 0 Å². The fraction of sp³-hybridized carbons (Fsp3) is 0.462. The summed E-state index contributed by atoms with van der Waals surface area (Å²) >= 11 is 0. The predicted octanol–water partition coefficient (Wildman–Crippen LogP) is 3.36. The van der Waals surface area contributed by atoms with Crippen LogP contribution in [0.5, 0.6) is 0 Å². The highest BCUT2D eigenvalue weighted by Crippen LogP contribution is 2.27. The number of hydrogen-bond donors (Lipinski definition) is 4.